The monoisotopic (exact) mass is 496 g/mol. The van der Waals surface area contributed by atoms with E-state index in [1.165, 1.54) is 7.11 Å². The number of nitrogens with two attached hydrogens (primary N) is 1. The number of likely N-dealkylation sites (N-methyl/N-ethyl adjacent to an activating group) is 1. The molecule has 3 aromatic rings. The lowest BCUT2D eigenvalue weighted by atomic mass is 10.0. The maximum Gasteiger partial charge on any atom is 0.255 e. The fourth-order valence-electron chi connectivity index (χ4n) is 3.78. The molecule has 0 aliphatic rings. The number of fused-ring (bicyclic) bond motifs is 1. The van der Waals surface area contributed by atoms with Gasteiger partial charge in [-0.2, -0.15) is 4.99 Å². The third kappa shape index (κ3) is 6.68. The van der Waals surface area contributed by atoms with E-state index < -0.39 is 5.91 Å². The van der Waals surface area contributed by atoms with Crippen molar-refractivity contribution in [1.29, 1.82) is 0 Å². The van der Waals surface area contributed by atoms with E-state index in [1.54, 1.807) is 17.2 Å². The Morgan fingerprint density at radius 3 is 2.66 bits per heavy atom. The lowest BCUT2D eigenvalue weighted by molar-refractivity contribution is -0.116. The quantitative estimate of drug-likeness (QED) is 0.181. The molecule has 4 N–H and O–H groups in total. The summed E-state index contributed by atoms with van der Waals surface area (Å²) in [5.74, 6) is -0.561. The van der Waals surface area contributed by atoms with Crippen LogP contribution in [0.15, 0.2) is 52.7 Å². The lowest BCUT2D eigenvalue weighted by Crippen LogP contribution is -2.32. The number of aromatic amines is 1. The third-order valence-corrected chi connectivity index (χ3v) is 5.52. The van der Waals surface area contributed by atoms with E-state index >= 15 is 0 Å². The van der Waals surface area contributed by atoms with Crippen molar-refractivity contribution in [2.24, 2.45) is 15.9 Å². The second kappa shape index (κ2) is 11.6. The van der Waals surface area contributed by atoms with Gasteiger partial charge in [-0.05, 0) is 44.3 Å². The molecule has 1 aromatic heterocycles. The second-order valence-electron chi connectivity index (χ2n) is 8.32. The first-order valence-electron chi connectivity index (χ1n) is 10.9. The van der Waals surface area contributed by atoms with E-state index in [1.807, 2.05) is 51.4 Å². The number of oxime groups is 1. The van der Waals surface area contributed by atoms with Gasteiger partial charge < -0.3 is 25.8 Å². The smallest absolute Gasteiger partial charge is 0.255 e. The zero-order valence-corrected chi connectivity index (χ0v) is 20.9. The van der Waals surface area contributed by atoms with Crippen LogP contribution in [-0.4, -0.2) is 61.0 Å². The average molecular weight is 497 g/mol. The van der Waals surface area contributed by atoms with Crippen LogP contribution in [0.3, 0.4) is 0 Å². The Balaban J connectivity index is 1.67. The highest BCUT2D eigenvalue weighted by molar-refractivity contribution is 6.34. The summed E-state index contributed by atoms with van der Waals surface area (Å²) in [6.45, 7) is 2.39. The van der Waals surface area contributed by atoms with E-state index in [9.17, 15) is 9.59 Å². The van der Waals surface area contributed by atoms with Gasteiger partial charge in [0.25, 0.3) is 5.91 Å². The number of carbonyl (C=O) groups is 2. The summed E-state index contributed by atoms with van der Waals surface area (Å²) in [7, 11) is 5.08. The number of ketones is 1. The molecule has 0 bridgehead atoms. The molecule has 9 nitrogen and oxygen atoms in total. The highest BCUT2D eigenvalue weighted by Gasteiger charge is 2.17. The Morgan fingerprint density at radius 1 is 1.23 bits per heavy atom. The summed E-state index contributed by atoms with van der Waals surface area (Å²) in [5, 5.41) is 8.23. The number of aryl methyl sites for hydroxylation is 1. The van der Waals surface area contributed by atoms with E-state index in [0.29, 0.717) is 16.3 Å². The molecule has 0 aliphatic carbocycles. The van der Waals surface area contributed by atoms with Gasteiger partial charge in [0, 0.05) is 34.8 Å². The molecule has 0 radical (unpaired) electrons. The Hall–Kier alpha value is -3.69. The molecule has 0 spiro atoms. The second-order valence-corrected chi connectivity index (χ2v) is 8.73. The number of amides is 1. The van der Waals surface area contributed by atoms with Crippen LogP contribution in [0.4, 0.5) is 0 Å². The minimum Gasteiger partial charge on any atom is -0.399 e. The topological polar surface area (TPSA) is 125 Å². The number of hydrogen-bond acceptors (Lipinski definition) is 5. The molecule has 1 amide bonds. The normalized spacial score (nSPS) is 12.3. The molecular formula is C25H29ClN6O3. The molecule has 184 valence electrons. The number of Topliss-reactive ketones (excluding diaryl/α,β-unsaturated/α-hetero) is 1. The maximum atomic E-state index is 12.6. The number of para-hydroxylation sites is 1. The van der Waals surface area contributed by atoms with Gasteiger partial charge in [-0.15, -0.1) is 0 Å². The number of guanidine groups is 1. The summed E-state index contributed by atoms with van der Waals surface area (Å²) >= 11 is 6.38. The summed E-state index contributed by atoms with van der Waals surface area (Å²) in [6.07, 6.45) is 1.69. The highest BCUT2D eigenvalue weighted by Crippen LogP contribution is 2.23. The van der Waals surface area contributed by atoms with Gasteiger partial charge in [0.1, 0.15) is 7.11 Å². The number of H-pyrrole nitrogens is 1. The van der Waals surface area contributed by atoms with Crippen LogP contribution in [0.5, 0.6) is 0 Å². The van der Waals surface area contributed by atoms with Crippen LogP contribution >= 0.6 is 11.6 Å². The van der Waals surface area contributed by atoms with Gasteiger partial charge in [0.15, 0.2) is 11.7 Å². The van der Waals surface area contributed by atoms with Gasteiger partial charge in [-0.3, -0.25) is 9.59 Å². The van der Waals surface area contributed by atoms with E-state index in [4.69, 9.17) is 22.2 Å². The molecule has 0 unspecified atom stereocenters. The molecule has 0 fully saturated rings. The number of hydrogen-bond donors (Lipinski definition) is 3. The molecule has 2 aromatic carbocycles. The molecule has 0 saturated carbocycles. The fraction of sp³-hybridized carbons (Fsp3) is 0.280. The summed E-state index contributed by atoms with van der Waals surface area (Å²) < 4.78 is 0. The fourth-order valence-corrected chi connectivity index (χ4v) is 4.18. The Morgan fingerprint density at radius 2 is 1.97 bits per heavy atom. The first kappa shape index (κ1) is 25.9. The van der Waals surface area contributed by atoms with Crippen molar-refractivity contribution in [3.8, 4) is 0 Å². The number of halogens is 1. The number of aliphatic imine (C=N–C) groups is 1. The molecule has 0 atom stereocenters. The van der Waals surface area contributed by atoms with Crippen LogP contribution in [0, 0.1) is 6.92 Å². The Kier molecular flexibility index (Phi) is 8.62. The van der Waals surface area contributed by atoms with Gasteiger partial charge in [-0.1, -0.05) is 41.0 Å². The molecule has 3 rings (SSSR count). The predicted octanol–water partition coefficient (Wildman–Crippen LogP) is 3.25. The van der Waals surface area contributed by atoms with Gasteiger partial charge in [0.05, 0.1) is 23.7 Å². The van der Waals surface area contributed by atoms with Crippen LogP contribution < -0.4 is 11.1 Å². The molecular weight excluding hydrogens is 468 g/mol. The number of nitrogens with one attached hydrogen (secondary N) is 2. The average Bonchev–Trinajstić information content (AvgIpc) is 3.20. The van der Waals surface area contributed by atoms with E-state index in [-0.39, 0.29) is 31.3 Å². The summed E-state index contributed by atoms with van der Waals surface area (Å²) in [4.78, 5) is 38.9. The van der Waals surface area contributed by atoms with Gasteiger partial charge in [0.2, 0.25) is 0 Å². The van der Waals surface area contributed by atoms with Crippen LogP contribution in [0.2, 0.25) is 5.02 Å². The number of benzene rings is 2. The number of nitrogens with zero attached hydrogens (tertiary/aromatic N) is 3. The summed E-state index contributed by atoms with van der Waals surface area (Å²) in [5.41, 5.74) is 10.1. The van der Waals surface area contributed by atoms with Crippen molar-refractivity contribution in [3.63, 3.8) is 0 Å². The van der Waals surface area contributed by atoms with Crippen molar-refractivity contribution < 1.29 is 14.4 Å². The third-order valence-electron chi connectivity index (χ3n) is 5.22. The first-order valence-corrected chi connectivity index (χ1v) is 11.3. The van der Waals surface area contributed by atoms with Crippen molar-refractivity contribution >= 4 is 45.9 Å². The van der Waals surface area contributed by atoms with Gasteiger partial charge in [-0.25, -0.2) is 0 Å². The minimum absolute atomic E-state index is 0.0350. The standard InChI is InChI=1S/C25H29ClN6O3/c1-15-9-16(10-19(26)24(15)22(33)14-32(2)3)12-29-25(27)30-23(34)11-21(31-35-4)18-13-28-20-8-6-5-7-17(18)20/h5-10,13,28H,11-12,14H2,1-4H3,(H3,27,29,30,34). The van der Waals surface area contributed by atoms with Crippen molar-refractivity contribution in [2.45, 2.75) is 19.9 Å². The van der Waals surface area contributed by atoms with Crippen molar-refractivity contribution in [3.05, 3.63) is 69.9 Å². The van der Waals surface area contributed by atoms with Crippen molar-refractivity contribution in [1.82, 2.24) is 15.2 Å². The van der Waals surface area contributed by atoms with Crippen LogP contribution in [0.1, 0.15) is 33.5 Å². The Bertz CT molecular complexity index is 1270. The van der Waals surface area contributed by atoms with E-state index in [2.05, 4.69) is 20.4 Å². The lowest BCUT2D eigenvalue weighted by Gasteiger charge is -2.14. The molecule has 35 heavy (non-hydrogen) atoms. The Labute approximate surface area is 209 Å². The SMILES string of the molecule is CON=C(CC(=O)N=C(N)NCc1cc(C)c(C(=O)CN(C)C)c(Cl)c1)c1c[nH]c2ccccc12. The predicted molar refractivity (Wildman–Crippen MR) is 139 cm³/mol. The first-order chi connectivity index (χ1) is 16.7. The number of carbonyl (C=O) groups excluding carboxylic acids is 2. The molecule has 1 heterocycles. The zero-order valence-electron chi connectivity index (χ0n) is 20.2. The highest BCUT2D eigenvalue weighted by atomic mass is 35.5. The molecule has 0 saturated heterocycles. The molecule has 0 aliphatic heterocycles. The number of aromatic nitrogens is 1. The summed E-state index contributed by atoms with van der Waals surface area (Å²) in [6, 6.07) is 11.3. The van der Waals surface area contributed by atoms with Crippen LogP contribution in [0.25, 0.3) is 10.9 Å². The van der Waals surface area contributed by atoms with E-state index in [0.717, 1.165) is 27.6 Å². The maximum absolute atomic E-state index is 12.6. The number of rotatable bonds is 9. The zero-order chi connectivity index (χ0) is 25.5. The largest absolute Gasteiger partial charge is 0.399 e. The minimum atomic E-state index is -0.477. The van der Waals surface area contributed by atoms with Crippen LogP contribution in [-0.2, 0) is 16.2 Å². The molecule has 10 heteroatoms. The van der Waals surface area contributed by atoms with Crippen molar-refractivity contribution in [2.75, 3.05) is 27.7 Å². The van der Waals surface area contributed by atoms with Gasteiger partial charge >= 0.3 is 0 Å².